The molecule has 0 amide bonds. The Morgan fingerprint density at radius 1 is 1.05 bits per heavy atom. The van der Waals surface area contributed by atoms with Gasteiger partial charge in [0.15, 0.2) is 11.5 Å². The van der Waals surface area contributed by atoms with Crippen LogP contribution in [0.3, 0.4) is 0 Å². The average molecular weight is 277 g/mol. The Balaban J connectivity index is 1.79. The highest BCUT2D eigenvalue weighted by molar-refractivity contribution is 5.99. The van der Waals surface area contributed by atoms with Gasteiger partial charge in [0, 0.05) is 12.8 Å². The van der Waals surface area contributed by atoms with E-state index in [2.05, 4.69) is 29.4 Å². The average Bonchev–Trinajstić information content (AvgIpc) is 2.92. The quantitative estimate of drug-likeness (QED) is 0.712. The topological polar surface area (TPSA) is 43.1 Å². The van der Waals surface area contributed by atoms with Crippen molar-refractivity contribution >= 4 is 16.6 Å². The fourth-order valence-corrected chi connectivity index (χ4v) is 3.13. The van der Waals surface area contributed by atoms with Crippen LogP contribution in [0.4, 0.5) is 0 Å². The Morgan fingerprint density at radius 2 is 1.90 bits per heavy atom. The van der Waals surface area contributed by atoms with Crippen molar-refractivity contribution in [2.75, 3.05) is 0 Å². The van der Waals surface area contributed by atoms with Gasteiger partial charge < -0.3 is 4.52 Å². The summed E-state index contributed by atoms with van der Waals surface area (Å²) in [6.45, 7) is 0. The molecular weight excluding hydrogens is 262 g/mol. The number of nitrogens with zero attached hydrogens (tertiary/aromatic N) is 1. The van der Waals surface area contributed by atoms with E-state index in [4.69, 9.17) is 4.52 Å². The number of hydrogen-bond donors (Lipinski definition) is 0. The lowest BCUT2D eigenvalue weighted by molar-refractivity contribution is 0.0971. The molecule has 0 fully saturated rings. The van der Waals surface area contributed by atoms with Gasteiger partial charge >= 0.3 is 0 Å². The maximum Gasteiger partial charge on any atom is 0.168 e. The number of ketones is 1. The normalized spacial score (nSPS) is 14.4. The van der Waals surface area contributed by atoms with Crippen molar-refractivity contribution in [1.82, 2.24) is 5.16 Å². The maximum absolute atomic E-state index is 12.1. The zero-order valence-corrected chi connectivity index (χ0v) is 11.6. The molecule has 0 atom stereocenters. The highest BCUT2D eigenvalue weighted by Gasteiger charge is 2.26. The van der Waals surface area contributed by atoms with E-state index in [0.29, 0.717) is 18.6 Å². The molecule has 3 aromatic rings. The summed E-state index contributed by atoms with van der Waals surface area (Å²) >= 11 is 0. The van der Waals surface area contributed by atoms with Crippen molar-refractivity contribution in [3.8, 4) is 0 Å². The summed E-state index contributed by atoms with van der Waals surface area (Å²) in [5.74, 6) is 0.888. The fraction of sp³-hybridized carbons (Fsp3) is 0.222. The van der Waals surface area contributed by atoms with Gasteiger partial charge in [-0.25, -0.2) is 0 Å². The molecule has 3 heteroatoms. The van der Waals surface area contributed by atoms with Gasteiger partial charge in [0.2, 0.25) is 0 Å². The first-order valence-electron chi connectivity index (χ1n) is 7.30. The standard InChI is InChI=1S/C18H15NO2/c20-16-10-4-9-15-18(16)17(21-19-15)11-13-7-3-6-12-5-1-2-8-14(12)13/h1-3,5-8H,4,9-11H2. The van der Waals surface area contributed by atoms with Crippen LogP contribution in [-0.2, 0) is 12.8 Å². The highest BCUT2D eigenvalue weighted by atomic mass is 16.5. The molecule has 4 rings (SSSR count). The number of fused-ring (bicyclic) bond motifs is 2. The number of carbonyl (C=O) groups is 1. The molecule has 1 heterocycles. The van der Waals surface area contributed by atoms with Gasteiger partial charge in [-0.05, 0) is 29.2 Å². The van der Waals surface area contributed by atoms with E-state index in [0.717, 1.165) is 24.1 Å². The van der Waals surface area contributed by atoms with Gasteiger partial charge in [0.1, 0.15) is 0 Å². The molecular formula is C18H15NO2. The molecule has 0 saturated carbocycles. The van der Waals surface area contributed by atoms with Crippen molar-refractivity contribution in [3.05, 3.63) is 65.0 Å². The minimum absolute atomic E-state index is 0.174. The Kier molecular flexibility index (Phi) is 2.85. The Morgan fingerprint density at radius 3 is 2.86 bits per heavy atom. The summed E-state index contributed by atoms with van der Waals surface area (Å²) < 4.78 is 5.47. The summed E-state index contributed by atoms with van der Waals surface area (Å²) in [6, 6.07) is 14.5. The van der Waals surface area contributed by atoms with Crippen LogP contribution in [0.25, 0.3) is 10.8 Å². The maximum atomic E-state index is 12.1. The van der Waals surface area contributed by atoms with E-state index >= 15 is 0 Å². The number of rotatable bonds is 2. The molecule has 1 aliphatic rings. The van der Waals surface area contributed by atoms with E-state index < -0.39 is 0 Å². The zero-order valence-electron chi connectivity index (χ0n) is 11.6. The van der Waals surface area contributed by atoms with Crippen LogP contribution in [0, 0.1) is 0 Å². The lowest BCUT2D eigenvalue weighted by atomic mass is 9.92. The van der Waals surface area contributed by atoms with E-state index in [1.165, 1.54) is 16.3 Å². The van der Waals surface area contributed by atoms with Crippen LogP contribution in [0.15, 0.2) is 47.0 Å². The number of benzene rings is 2. The van der Waals surface area contributed by atoms with Gasteiger partial charge in [0.05, 0.1) is 11.3 Å². The second kappa shape index (κ2) is 4.85. The first kappa shape index (κ1) is 12.3. The molecule has 2 aromatic carbocycles. The smallest absolute Gasteiger partial charge is 0.168 e. The molecule has 21 heavy (non-hydrogen) atoms. The number of Topliss-reactive ketones (excluding diaryl/α,β-unsaturated/α-hetero) is 1. The van der Waals surface area contributed by atoms with Crippen LogP contribution < -0.4 is 0 Å². The molecule has 104 valence electrons. The summed E-state index contributed by atoms with van der Waals surface area (Å²) in [4.78, 5) is 12.1. The highest BCUT2D eigenvalue weighted by Crippen LogP contribution is 2.28. The predicted molar refractivity (Wildman–Crippen MR) is 80.5 cm³/mol. The van der Waals surface area contributed by atoms with Crippen molar-refractivity contribution in [1.29, 1.82) is 0 Å². The molecule has 0 spiro atoms. The van der Waals surface area contributed by atoms with Crippen molar-refractivity contribution < 1.29 is 9.32 Å². The Bertz CT molecular complexity index is 827. The molecule has 1 aliphatic carbocycles. The third-order valence-electron chi connectivity index (χ3n) is 4.16. The van der Waals surface area contributed by atoms with E-state index in [-0.39, 0.29) is 5.78 Å². The lowest BCUT2D eigenvalue weighted by Crippen LogP contribution is -2.11. The van der Waals surface area contributed by atoms with E-state index in [1.807, 2.05) is 18.2 Å². The van der Waals surface area contributed by atoms with Gasteiger partial charge in [-0.1, -0.05) is 47.6 Å². The third kappa shape index (κ3) is 2.05. The van der Waals surface area contributed by atoms with Crippen LogP contribution in [0.1, 0.15) is 40.2 Å². The molecule has 0 saturated heterocycles. The van der Waals surface area contributed by atoms with Crippen molar-refractivity contribution in [3.63, 3.8) is 0 Å². The van der Waals surface area contributed by atoms with E-state index in [1.54, 1.807) is 0 Å². The van der Waals surface area contributed by atoms with E-state index in [9.17, 15) is 4.79 Å². The fourth-order valence-electron chi connectivity index (χ4n) is 3.13. The molecule has 0 bridgehead atoms. The third-order valence-corrected chi connectivity index (χ3v) is 4.16. The largest absolute Gasteiger partial charge is 0.360 e. The predicted octanol–water partition coefficient (Wildman–Crippen LogP) is 3.94. The number of aryl methyl sites for hydroxylation is 1. The summed E-state index contributed by atoms with van der Waals surface area (Å²) in [7, 11) is 0. The van der Waals surface area contributed by atoms with Crippen LogP contribution in [-0.4, -0.2) is 10.9 Å². The van der Waals surface area contributed by atoms with Crippen LogP contribution in [0.5, 0.6) is 0 Å². The molecule has 0 unspecified atom stereocenters. The first-order valence-corrected chi connectivity index (χ1v) is 7.30. The van der Waals surface area contributed by atoms with Crippen molar-refractivity contribution in [2.45, 2.75) is 25.7 Å². The summed E-state index contributed by atoms with van der Waals surface area (Å²) in [5.41, 5.74) is 2.74. The Labute approximate surface area is 122 Å². The zero-order chi connectivity index (χ0) is 14.2. The van der Waals surface area contributed by atoms with Crippen LogP contribution >= 0.6 is 0 Å². The number of carbonyl (C=O) groups excluding carboxylic acids is 1. The molecule has 0 aliphatic heterocycles. The monoisotopic (exact) mass is 277 g/mol. The van der Waals surface area contributed by atoms with Gasteiger partial charge in [-0.3, -0.25) is 4.79 Å². The summed E-state index contributed by atoms with van der Waals surface area (Å²) in [5, 5.41) is 6.49. The SMILES string of the molecule is O=C1CCCc2noc(Cc3cccc4ccccc34)c21. The second-order valence-electron chi connectivity index (χ2n) is 5.52. The van der Waals surface area contributed by atoms with Crippen LogP contribution in [0.2, 0.25) is 0 Å². The van der Waals surface area contributed by atoms with Crippen molar-refractivity contribution in [2.24, 2.45) is 0 Å². The van der Waals surface area contributed by atoms with Gasteiger partial charge in [0.25, 0.3) is 0 Å². The molecule has 0 N–H and O–H groups in total. The number of aromatic nitrogens is 1. The summed E-state index contributed by atoms with van der Waals surface area (Å²) in [6.07, 6.45) is 2.96. The van der Waals surface area contributed by atoms with Gasteiger partial charge in [-0.2, -0.15) is 0 Å². The Hall–Kier alpha value is -2.42. The molecule has 0 radical (unpaired) electrons. The lowest BCUT2D eigenvalue weighted by Gasteiger charge is -2.09. The second-order valence-corrected chi connectivity index (χ2v) is 5.52. The molecule has 3 nitrogen and oxygen atoms in total. The minimum atomic E-state index is 0.174. The minimum Gasteiger partial charge on any atom is -0.360 e. The first-order chi connectivity index (χ1) is 10.3. The number of hydrogen-bond acceptors (Lipinski definition) is 3. The van der Waals surface area contributed by atoms with Gasteiger partial charge in [-0.15, -0.1) is 0 Å². The molecule has 1 aromatic heterocycles.